The predicted octanol–water partition coefficient (Wildman–Crippen LogP) is 1.45. The molecule has 0 aromatic heterocycles. The van der Waals surface area contributed by atoms with Crippen LogP contribution in [0.5, 0.6) is 0 Å². The number of carbonyl (C=O) groups excluding carboxylic acids is 2. The predicted molar refractivity (Wildman–Crippen MR) is 51.6 cm³/mol. The van der Waals surface area contributed by atoms with E-state index in [1.807, 2.05) is 6.92 Å². The van der Waals surface area contributed by atoms with E-state index in [1.165, 1.54) is 13.2 Å². The van der Waals surface area contributed by atoms with Crippen molar-refractivity contribution in [1.29, 1.82) is 0 Å². The van der Waals surface area contributed by atoms with Gasteiger partial charge in [0.05, 0.1) is 13.7 Å². The molecule has 0 heterocycles. The highest BCUT2D eigenvalue weighted by Gasteiger charge is 1.99. The fraction of sp³-hybridized carbons (Fsp3) is 0.600. The van der Waals surface area contributed by atoms with Crippen molar-refractivity contribution in [1.82, 2.24) is 0 Å². The molecule has 0 bridgehead atoms. The van der Waals surface area contributed by atoms with Gasteiger partial charge >= 0.3 is 11.9 Å². The Morgan fingerprint density at radius 1 is 1.36 bits per heavy atom. The van der Waals surface area contributed by atoms with Crippen LogP contribution >= 0.6 is 0 Å². The Morgan fingerprint density at radius 3 is 2.64 bits per heavy atom. The first kappa shape index (κ1) is 12.7. The van der Waals surface area contributed by atoms with Gasteiger partial charge in [-0.1, -0.05) is 13.0 Å². The molecular formula is C10H16O4. The molecule has 0 spiro atoms. The standard InChI is InChI=1S/C10H16O4/c1-3-8-14-10(12)7-5-4-6-9(11)13-2/h4,6H,3,5,7-8H2,1-2H3/b6-4+. The lowest BCUT2D eigenvalue weighted by molar-refractivity contribution is -0.143. The number of rotatable bonds is 6. The lowest BCUT2D eigenvalue weighted by atomic mass is 10.3. The molecule has 0 aliphatic rings. The summed E-state index contributed by atoms with van der Waals surface area (Å²) in [7, 11) is 1.31. The Kier molecular flexibility index (Phi) is 7.50. The second-order valence-corrected chi connectivity index (χ2v) is 2.68. The Balaban J connectivity index is 3.48. The summed E-state index contributed by atoms with van der Waals surface area (Å²) in [4.78, 5) is 21.5. The van der Waals surface area contributed by atoms with Gasteiger partial charge in [-0.2, -0.15) is 0 Å². The number of methoxy groups -OCH3 is 1. The second-order valence-electron chi connectivity index (χ2n) is 2.68. The van der Waals surface area contributed by atoms with E-state index in [-0.39, 0.29) is 5.97 Å². The largest absolute Gasteiger partial charge is 0.466 e. The number of esters is 2. The number of allylic oxidation sites excluding steroid dienone is 1. The maximum Gasteiger partial charge on any atom is 0.330 e. The zero-order valence-corrected chi connectivity index (χ0v) is 8.62. The summed E-state index contributed by atoms with van der Waals surface area (Å²) in [6, 6.07) is 0. The first-order valence-electron chi connectivity index (χ1n) is 4.60. The van der Waals surface area contributed by atoms with Crippen LogP contribution in [0.25, 0.3) is 0 Å². The average molecular weight is 200 g/mol. The number of hydrogen-bond acceptors (Lipinski definition) is 4. The highest BCUT2D eigenvalue weighted by atomic mass is 16.5. The number of ether oxygens (including phenoxy) is 2. The van der Waals surface area contributed by atoms with E-state index >= 15 is 0 Å². The van der Waals surface area contributed by atoms with Crippen molar-refractivity contribution in [2.75, 3.05) is 13.7 Å². The van der Waals surface area contributed by atoms with Gasteiger partial charge in [-0.05, 0) is 12.8 Å². The minimum Gasteiger partial charge on any atom is -0.466 e. The molecule has 14 heavy (non-hydrogen) atoms. The number of hydrogen-bond donors (Lipinski definition) is 0. The summed E-state index contributed by atoms with van der Waals surface area (Å²) in [6.07, 6.45) is 4.51. The molecule has 0 amide bonds. The number of carbonyl (C=O) groups is 2. The van der Waals surface area contributed by atoms with E-state index < -0.39 is 5.97 Å². The summed E-state index contributed by atoms with van der Waals surface area (Å²) >= 11 is 0. The van der Waals surface area contributed by atoms with Crippen LogP contribution in [-0.4, -0.2) is 25.7 Å². The van der Waals surface area contributed by atoms with Crippen LogP contribution < -0.4 is 0 Å². The highest BCUT2D eigenvalue weighted by molar-refractivity contribution is 5.81. The Hall–Kier alpha value is -1.32. The minimum atomic E-state index is -0.410. The van der Waals surface area contributed by atoms with E-state index in [0.29, 0.717) is 19.4 Å². The first-order valence-corrected chi connectivity index (χ1v) is 4.60. The van der Waals surface area contributed by atoms with Gasteiger partial charge in [-0.3, -0.25) is 4.79 Å². The molecule has 0 unspecified atom stereocenters. The molecule has 0 aliphatic heterocycles. The summed E-state index contributed by atoms with van der Waals surface area (Å²) in [5.41, 5.74) is 0. The van der Waals surface area contributed by atoms with Crippen molar-refractivity contribution < 1.29 is 19.1 Å². The third-order valence-corrected chi connectivity index (χ3v) is 1.44. The van der Waals surface area contributed by atoms with E-state index in [0.717, 1.165) is 6.42 Å². The van der Waals surface area contributed by atoms with E-state index in [2.05, 4.69) is 4.74 Å². The fourth-order valence-corrected chi connectivity index (χ4v) is 0.737. The van der Waals surface area contributed by atoms with E-state index in [9.17, 15) is 9.59 Å². The summed E-state index contributed by atoms with van der Waals surface area (Å²) in [5.74, 6) is -0.645. The van der Waals surface area contributed by atoms with Gasteiger partial charge in [-0.25, -0.2) is 4.79 Å². The lowest BCUT2D eigenvalue weighted by Crippen LogP contribution is -2.04. The van der Waals surface area contributed by atoms with Crippen molar-refractivity contribution in [3.8, 4) is 0 Å². The third kappa shape index (κ3) is 7.34. The van der Waals surface area contributed by atoms with Gasteiger partial charge < -0.3 is 9.47 Å². The summed E-state index contributed by atoms with van der Waals surface area (Å²) < 4.78 is 9.22. The van der Waals surface area contributed by atoms with Crippen LogP contribution in [0.15, 0.2) is 12.2 Å². The third-order valence-electron chi connectivity index (χ3n) is 1.44. The Bertz CT molecular complexity index is 208. The molecule has 0 aromatic rings. The molecule has 0 aromatic carbocycles. The maximum absolute atomic E-state index is 10.9. The smallest absolute Gasteiger partial charge is 0.330 e. The van der Waals surface area contributed by atoms with Crippen LogP contribution in [-0.2, 0) is 19.1 Å². The van der Waals surface area contributed by atoms with E-state index in [4.69, 9.17) is 4.74 Å². The molecular weight excluding hydrogens is 184 g/mol. The molecule has 0 atom stereocenters. The maximum atomic E-state index is 10.9. The SMILES string of the molecule is CCCOC(=O)CC/C=C/C(=O)OC. The molecule has 0 aliphatic carbocycles. The average Bonchev–Trinajstić information content (AvgIpc) is 2.21. The Labute approximate surface area is 83.9 Å². The Morgan fingerprint density at radius 2 is 2.07 bits per heavy atom. The van der Waals surface area contributed by atoms with E-state index in [1.54, 1.807) is 6.08 Å². The summed E-state index contributed by atoms with van der Waals surface area (Å²) in [6.45, 7) is 2.39. The first-order chi connectivity index (χ1) is 6.70. The van der Waals surface area contributed by atoms with Gasteiger partial charge in [0, 0.05) is 12.5 Å². The van der Waals surface area contributed by atoms with Gasteiger partial charge in [0.2, 0.25) is 0 Å². The van der Waals surface area contributed by atoms with Crippen LogP contribution in [0.4, 0.5) is 0 Å². The molecule has 0 saturated carbocycles. The molecule has 80 valence electrons. The van der Waals surface area contributed by atoms with Crippen molar-refractivity contribution in [2.24, 2.45) is 0 Å². The fourth-order valence-electron chi connectivity index (χ4n) is 0.737. The topological polar surface area (TPSA) is 52.6 Å². The van der Waals surface area contributed by atoms with Crippen molar-refractivity contribution >= 4 is 11.9 Å². The van der Waals surface area contributed by atoms with Crippen LogP contribution in [0.3, 0.4) is 0 Å². The molecule has 0 N–H and O–H groups in total. The van der Waals surface area contributed by atoms with Crippen LogP contribution in [0, 0.1) is 0 Å². The van der Waals surface area contributed by atoms with Gasteiger partial charge in [0.1, 0.15) is 0 Å². The molecule has 0 fully saturated rings. The molecule has 4 heteroatoms. The zero-order chi connectivity index (χ0) is 10.8. The monoisotopic (exact) mass is 200 g/mol. The van der Waals surface area contributed by atoms with Crippen molar-refractivity contribution in [2.45, 2.75) is 26.2 Å². The van der Waals surface area contributed by atoms with Gasteiger partial charge in [0.15, 0.2) is 0 Å². The minimum absolute atomic E-state index is 0.235. The second kappa shape index (κ2) is 8.29. The zero-order valence-electron chi connectivity index (χ0n) is 8.62. The highest BCUT2D eigenvalue weighted by Crippen LogP contribution is 1.95. The molecule has 0 rings (SSSR count). The van der Waals surface area contributed by atoms with Gasteiger partial charge in [-0.15, -0.1) is 0 Å². The van der Waals surface area contributed by atoms with Crippen molar-refractivity contribution in [3.63, 3.8) is 0 Å². The van der Waals surface area contributed by atoms with Crippen LogP contribution in [0.2, 0.25) is 0 Å². The van der Waals surface area contributed by atoms with Gasteiger partial charge in [0.25, 0.3) is 0 Å². The molecule has 0 saturated heterocycles. The lowest BCUT2D eigenvalue weighted by Gasteiger charge is -1.99. The van der Waals surface area contributed by atoms with Crippen molar-refractivity contribution in [3.05, 3.63) is 12.2 Å². The summed E-state index contributed by atoms with van der Waals surface area (Å²) in [5, 5.41) is 0. The quantitative estimate of drug-likeness (QED) is 0.481. The normalized spacial score (nSPS) is 10.1. The molecule has 4 nitrogen and oxygen atoms in total. The molecule has 0 radical (unpaired) electrons. The van der Waals surface area contributed by atoms with Crippen LogP contribution in [0.1, 0.15) is 26.2 Å².